The van der Waals surface area contributed by atoms with Gasteiger partial charge in [-0.1, -0.05) is 12.1 Å². The quantitative estimate of drug-likeness (QED) is 0.388. The van der Waals surface area contributed by atoms with Crippen molar-refractivity contribution in [2.24, 2.45) is 22.9 Å². The second kappa shape index (κ2) is 10.6. The van der Waals surface area contributed by atoms with E-state index < -0.39 is 5.91 Å². The third-order valence-electron chi connectivity index (χ3n) is 8.01. The Bertz CT molecular complexity index is 1200. The Morgan fingerprint density at radius 2 is 1.70 bits per heavy atom. The van der Waals surface area contributed by atoms with E-state index in [-0.39, 0.29) is 18.9 Å². The number of ether oxygens (including phenoxy) is 2. The van der Waals surface area contributed by atoms with Gasteiger partial charge in [0.2, 0.25) is 0 Å². The molecule has 0 radical (unpaired) electrons. The highest BCUT2D eigenvalue weighted by atomic mass is 16.5. The highest BCUT2D eigenvalue weighted by molar-refractivity contribution is 5.92. The molecule has 4 fully saturated rings. The predicted molar refractivity (Wildman–Crippen MR) is 139 cm³/mol. The van der Waals surface area contributed by atoms with Gasteiger partial charge in [0.25, 0.3) is 11.8 Å². The molecule has 0 aliphatic heterocycles. The van der Waals surface area contributed by atoms with Crippen LogP contribution in [0.3, 0.4) is 0 Å². The Balaban J connectivity index is 1.15. The Labute approximate surface area is 217 Å². The summed E-state index contributed by atoms with van der Waals surface area (Å²) in [7, 11) is 1.50. The summed E-state index contributed by atoms with van der Waals surface area (Å²) in [6, 6.07) is 15.2. The Morgan fingerprint density at radius 1 is 1.03 bits per heavy atom. The lowest BCUT2D eigenvalue weighted by Gasteiger charge is -2.57. The van der Waals surface area contributed by atoms with Gasteiger partial charge < -0.3 is 14.8 Å². The Morgan fingerprint density at radius 3 is 2.32 bits per heavy atom. The Hall–Kier alpha value is -3.86. The van der Waals surface area contributed by atoms with Gasteiger partial charge in [-0.3, -0.25) is 9.59 Å². The highest BCUT2D eigenvalue weighted by Crippen LogP contribution is 2.60. The molecular formula is C29H32N4O4. The van der Waals surface area contributed by atoms with Crippen molar-refractivity contribution in [1.82, 2.24) is 5.43 Å². The number of nitrogens with one attached hydrogen (secondary N) is 2. The lowest BCUT2D eigenvalue weighted by atomic mass is 9.48. The molecule has 192 valence electrons. The Kier molecular flexibility index (Phi) is 7.13. The van der Waals surface area contributed by atoms with Crippen LogP contribution in [-0.2, 0) is 15.0 Å². The van der Waals surface area contributed by atoms with E-state index in [0.29, 0.717) is 22.5 Å². The molecule has 8 heteroatoms. The molecular weight excluding hydrogens is 468 g/mol. The zero-order valence-electron chi connectivity index (χ0n) is 21.0. The standard InChI is InChI=1S/C29H32N4O4/c1-36-26-13-19(17-31-33-27(34)8-9-30)2-7-25(26)37-18-28(35)32-24-5-3-23(4-6-24)29-14-20-10-21(15-29)12-22(11-20)16-29/h2-7,13,17,20-22H,8,10-12,14-16,18H2,1H3,(H,32,35)(H,33,34)/b31-17-. The van der Waals surface area contributed by atoms with Crippen molar-refractivity contribution in [3.8, 4) is 17.6 Å². The molecule has 2 amide bonds. The normalized spacial score (nSPS) is 25.5. The van der Waals surface area contributed by atoms with E-state index in [0.717, 1.165) is 23.4 Å². The van der Waals surface area contributed by atoms with Crippen LogP contribution in [0.5, 0.6) is 11.5 Å². The van der Waals surface area contributed by atoms with E-state index in [4.69, 9.17) is 14.7 Å². The SMILES string of the molecule is COc1cc(/C=N\NC(=O)CC#N)ccc1OCC(=O)Nc1ccc(C23CC4CC(CC(C4)C2)C3)cc1. The molecule has 2 N–H and O–H groups in total. The second-order valence-corrected chi connectivity index (χ2v) is 10.7. The average molecular weight is 501 g/mol. The zero-order valence-corrected chi connectivity index (χ0v) is 21.0. The van der Waals surface area contributed by atoms with Crippen LogP contribution < -0.4 is 20.2 Å². The van der Waals surface area contributed by atoms with Gasteiger partial charge in [-0.05, 0) is 103 Å². The van der Waals surface area contributed by atoms with Gasteiger partial charge >= 0.3 is 0 Å². The first-order valence-electron chi connectivity index (χ1n) is 12.9. The molecule has 37 heavy (non-hydrogen) atoms. The first-order chi connectivity index (χ1) is 18.0. The number of nitrogens with zero attached hydrogens (tertiary/aromatic N) is 2. The number of hydrogen-bond donors (Lipinski definition) is 2. The number of amides is 2. The summed E-state index contributed by atoms with van der Waals surface area (Å²) in [6.07, 6.45) is 9.41. The van der Waals surface area contributed by atoms with Crippen LogP contribution in [0.15, 0.2) is 47.6 Å². The van der Waals surface area contributed by atoms with Crippen molar-refractivity contribution in [2.75, 3.05) is 19.0 Å². The molecule has 0 heterocycles. The molecule has 8 nitrogen and oxygen atoms in total. The van der Waals surface area contributed by atoms with Crippen molar-refractivity contribution in [1.29, 1.82) is 5.26 Å². The van der Waals surface area contributed by atoms with Crippen molar-refractivity contribution in [2.45, 2.75) is 50.4 Å². The number of anilines is 1. The van der Waals surface area contributed by atoms with Gasteiger partial charge in [-0.25, -0.2) is 5.43 Å². The minimum absolute atomic E-state index is 0.162. The molecule has 2 aromatic rings. The summed E-state index contributed by atoms with van der Waals surface area (Å²) in [5, 5.41) is 15.2. The molecule has 0 aromatic heterocycles. The van der Waals surface area contributed by atoms with Gasteiger partial charge in [-0.2, -0.15) is 10.4 Å². The minimum atomic E-state index is -0.487. The molecule has 0 saturated heterocycles. The van der Waals surface area contributed by atoms with Crippen LogP contribution in [0, 0.1) is 29.1 Å². The third-order valence-corrected chi connectivity index (χ3v) is 8.01. The molecule has 6 rings (SSSR count). The third kappa shape index (κ3) is 5.61. The summed E-state index contributed by atoms with van der Waals surface area (Å²) in [5.74, 6) is 2.80. The lowest BCUT2D eigenvalue weighted by molar-refractivity contribution is -0.120. The number of nitriles is 1. The molecule has 0 unspecified atom stereocenters. The highest BCUT2D eigenvalue weighted by Gasteiger charge is 2.51. The van der Waals surface area contributed by atoms with Crippen LogP contribution >= 0.6 is 0 Å². The van der Waals surface area contributed by atoms with Crippen LogP contribution in [-0.4, -0.2) is 31.7 Å². The van der Waals surface area contributed by atoms with Gasteiger partial charge in [0, 0.05) is 5.69 Å². The maximum absolute atomic E-state index is 12.6. The molecule has 4 saturated carbocycles. The smallest absolute Gasteiger partial charge is 0.262 e. The predicted octanol–water partition coefficient (Wildman–Crippen LogP) is 4.54. The number of benzene rings is 2. The number of methoxy groups -OCH3 is 1. The molecule has 4 bridgehead atoms. The maximum Gasteiger partial charge on any atom is 0.262 e. The molecule has 4 aliphatic rings. The van der Waals surface area contributed by atoms with E-state index in [1.807, 2.05) is 12.1 Å². The fourth-order valence-electron chi connectivity index (χ4n) is 6.89. The van der Waals surface area contributed by atoms with Gasteiger partial charge in [0.05, 0.1) is 19.4 Å². The summed E-state index contributed by atoms with van der Waals surface area (Å²) in [4.78, 5) is 23.9. The second-order valence-electron chi connectivity index (χ2n) is 10.7. The van der Waals surface area contributed by atoms with Crippen LogP contribution in [0.1, 0.15) is 56.1 Å². The number of carbonyl (C=O) groups is 2. The molecule has 2 aromatic carbocycles. The van der Waals surface area contributed by atoms with Gasteiger partial charge in [-0.15, -0.1) is 0 Å². The first-order valence-corrected chi connectivity index (χ1v) is 12.9. The maximum atomic E-state index is 12.6. The topological polar surface area (TPSA) is 113 Å². The number of hydrazone groups is 1. The summed E-state index contributed by atoms with van der Waals surface area (Å²) in [5.41, 5.74) is 5.46. The largest absolute Gasteiger partial charge is 0.493 e. The van der Waals surface area contributed by atoms with Crippen molar-refractivity contribution in [3.63, 3.8) is 0 Å². The van der Waals surface area contributed by atoms with Crippen LogP contribution in [0.4, 0.5) is 5.69 Å². The monoisotopic (exact) mass is 500 g/mol. The lowest BCUT2D eigenvalue weighted by Crippen LogP contribution is -2.48. The van der Waals surface area contributed by atoms with Crippen LogP contribution in [0.25, 0.3) is 0 Å². The summed E-state index contributed by atoms with van der Waals surface area (Å²) in [6.45, 7) is -0.162. The molecule has 4 aliphatic carbocycles. The van der Waals surface area contributed by atoms with Gasteiger partial charge in [0.1, 0.15) is 6.42 Å². The van der Waals surface area contributed by atoms with Crippen molar-refractivity contribution >= 4 is 23.7 Å². The van der Waals surface area contributed by atoms with Gasteiger partial charge in [0.15, 0.2) is 18.1 Å². The fraction of sp³-hybridized carbons (Fsp3) is 0.448. The average Bonchev–Trinajstić information content (AvgIpc) is 2.87. The summed E-state index contributed by atoms with van der Waals surface area (Å²) >= 11 is 0. The number of rotatable bonds is 9. The first kappa shape index (κ1) is 24.8. The van der Waals surface area contributed by atoms with Crippen molar-refractivity contribution in [3.05, 3.63) is 53.6 Å². The van der Waals surface area contributed by atoms with E-state index in [9.17, 15) is 9.59 Å². The zero-order chi connectivity index (χ0) is 25.8. The van der Waals surface area contributed by atoms with Crippen LogP contribution in [0.2, 0.25) is 0 Å². The fourth-order valence-corrected chi connectivity index (χ4v) is 6.89. The summed E-state index contributed by atoms with van der Waals surface area (Å²) < 4.78 is 11.1. The van der Waals surface area contributed by atoms with E-state index in [1.165, 1.54) is 57.4 Å². The minimum Gasteiger partial charge on any atom is -0.493 e. The number of carbonyl (C=O) groups excluding carboxylic acids is 2. The molecule has 0 spiro atoms. The van der Waals surface area contributed by atoms with E-state index in [2.05, 4.69) is 28.0 Å². The van der Waals surface area contributed by atoms with E-state index >= 15 is 0 Å². The van der Waals surface area contributed by atoms with Crippen molar-refractivity contribution < 1.29 is 19.1 Å². The molecule has 0 atom stereocenters. The van der Waals surface area contributed by atoms with E-state index in [1.54, 1.807) is 24.3 Å². The number of hydrogen-bond acceptors (Lipinski definition) is 6.